The molecular formula is C24H26N6O. The number of aromatic amines is 1. The van der Waals surface area contributed by atoms with Gasteiger partial charge in [-0.15, -0.1) is 0 Å². The molecule has 0 saturated carbocycles. The number of carbonyl (C=O) groups excluding carboxylic acids is 1. The molecular weight excluding hydrogens is 388 g/mol. The van der Waals surface area contributed by atoms with Gasteiger partial charge in [-0.3, -0.25) is 14.9 Å². The van der Waals surface area contributed by atoms with Crippen molar-refractivity contribution in [1.82, 2.24) is 25.5 Å². The van der Waals surface area contributed by atoms with Crippen molar-refractivity contribution >= 4 is 22.6 Å². The van der Waals surface area contributed by atoms with Crippen molar-refractivity contribution in [2.75, 3.05) is 5.73 Å². The number of carbonyl (C=O) groups is 1. The molecule has 0 aliphatic rings. The van der Waals surface area contributed by atoms with Crippen LogP contribution in [0.25, 0.3) is 10.9 Å². The molecule has 1 atom stereocenters. The second kappa shape index (κ2) is 8.18. The molecule has 0 aliphatic carbocycles. The highest BCUT2D eigenvalue weighted by Crippen LogP contribution is 2.28. The van der Waals surface area contributed by atoms with Crippen LogP contribution in [0.5, 0.6) is 0 Å². The normalized spacial score (nSPS) is 12.1. The minimum absolute atomic E-state index is 0.195. The van der Waals surface area contributed by atoms with Gasteiger partial charge in [-0.05, 0) is 74.6 Å². The van der Waals surface area contributed by atoms with Crippen LogP contribution < -0.4 is 11.1 Å². The Bertz CT molecular complexity index is 1260. The lowest BCUT2D eigenvalue weighted by molar-refractivity contribution is 0.0936. The predicted octanol–water partition coefficient (Wildman–Crippen LogP) is 3.88. The molecule has 0 bridgehead atoms. The highest BCUT2D eigenvalue weighted by molar-refractivity contribution is 5.94. The fourth-order valence-corrected chi connectivity index (χ4v) is 3.99. The number of nitrogens with two attached hydrogens (primary N) is 1. The number of anilines is 1. The molecule has 4 N–H and O–H groups in total. The van der Waals surface area contributed by atoms with E-state index >= 15 is 0 Å². The van der Waals surface area contributed by atoms with Gasteiger partial charge in [0, 0.05) is 23.0 Å². The van der Waals surface area contributed by atoms with Gasteiger partial charge in [0.1, 0.15) is 5.82 Å². The van der Waals surface area contributed by atoms with E-state index in [0.29, 0.717) is 17.8 Å². The largest absolute Gasteiger partial charge is 0.384 e. The van der Waals surface area contributed by atoms with E-state index in [-0.39, 0.29) is 11.9 Å². The summed E-state index contributed by atoms with van der Waals surface area (Å²) in [6.07, 6.45) is 3.67. The van der Waals surface area contributed by atoms with Gasteiger partial charge >= 0.3 is 0 Å². The van der Waals surface area contributed by atoms with E-state index in [9.17, 15) is 4.79 Å². The maximum atomic E-state index is 12.9. The number of aryl methyl sites for hydroxylation is 4. The molecule has 1 aromatic carbocycles. The Labute approximate surface area is 181 Å². The first kappa shape index (κ1) is 20.5. The summed E-state index contributed by atoms with van der Waals surface area (Å²) in [6, 6.07) is 9.85. The summed E-state index contributed by atoms with van der Waals surface area (Å²) in [4.78, 5) is 22.1. The molecule has 3 aromatic heterocycles. The van der Waals surface area contributed by atoms with E-state index in [1.165, 1.54) is 11.8 Å². The molecule has 31 heavy (non-hydrogen) atoms. The number of rotatable bonds is 5. The first-order valence-corrected chi connectivity index (χ1v) is 10.2. The number of benzene rings is 1. The number of amides is 1. The van der Waals surface area contributed by atoms with Gasteiger partial charge in [0.15, 0.2) is 0 Å². The van der Waals surface area contributed by atoms with Crippen molar-refractivity contribution in [2.24, 2.45) is 0 Å². The molecule has 1 amide bonds. The SMILES string of the molecule is Cc1cc(C)c2cc(C(Cc3ccc(N)nc3C)NC(=O)c3cn[nH]c3)c(C)nc2c1. The Balaban J connectivity index is 1.79. The van der Waals surface area contributed by atoms with Crippen LogP contribution in [0, 0.1) is 27.7 Å². The molecule has 0 aliphatic heterocycles. The van der Waals surface area contributed by atoms with Crippen molar-refractivity contribution < 1.29 is 4.79 Å². The van der Waals surface area contributed by atoms with Gasteiger partial charge in [0.25, 0.3) is 5.91 Å². The number of H-pyrrole nitrogens is 1. The van der Waals surface area contributed by atoms with E-state index in [0.717, 1.165) is 39.0 Å². The average molecular weight is 415 g/mol. The summed E-state index contributed by atoms with van der Waals surface area (Å²) < 4.78 is 0. The fourth-order valence-electron chi connectivity index (χ4n) is 3.99. The van der Waals surface area contributed by atoms with Crippen molar-refractivity contribution in [3.8, 4) is 0 Å². The lowest BCUT2D eigenvalue weighted by Gasteiger charge is -2.22. The second-order valence-electron chi connectivity index (χ2n) is 8.01. The van der Waals surface area contributed by atoms with Crippen LogP contribution in [0.4, 0.5) is 5.82 Å². The van der Waals surface area contributed by atoms with Crippen molar-refractivity contribution in [3.63, 3.8) is 0 Å². The molecule has 7 nitrogen and oxygen atoms in total. The summed E-state index contributed by atoms with van der Waals surface area (Å²) in [5.74, 6) is 0.287. The summed E-state index contributed by atoms with van der Waals surface area (Å²) >= 11 is 0. The third kappa shape index (κ3) is 4.26. The molecule has 158 valence electrons. The summed E-state index contributed by atoms with van der Waals surface area (Å²) in [5.41, 5.74) is 13.3. The van der Waals surface area contributed by atoms with Crippen LogP contribution in [0.15, 0.2) is 42.7 Å². The van der Waals surface area contributed by atoms with Crippen LogP contribution in [-0.4, -0.2) is 26.1 Å². The smallest absolute Gasteiger partial charge is 0.254 e. The van der Waals surface area contributed by atoms with Crippen molar-refractivity contribution in [2.45, 2.75) is 40.2 Å². The number of pyridine rings is 2. The quantitative estimate of drug-likeness (QED) is 0.459. The minimum Gasteiger partial charge on any atom is -0.384 e. The number of hydrogen-bond donors (Lipinski definition) is 3. The van der Waals surface area contributed by atoms with Crippen molar-refractivity contribution in [3.05, 3.63) is 81.9 Å². The van der Waals surface area contributed by atoms with Crippen LogP contribution in [0.1, 0.15) is 50.0 Å². The Morgan fingerprint density at radius 1 is 1.10 bits per heavy atom. The van der Waals surface area contributed by atoms with Gasteiger partial charge in [-0.2, -0.15) is 5.10 Å². The van der Waals surface area contributed by atoms with Gasteiger partial charge in [0.05, 0.1) is 23.3 Å². The van der Waals surface area contributed by atoms with E-state index in [1.54, 1.807) is 12.3 Å². The van der Waals surface area contributed by atoms with Crippen molar-refractivity contribution in [1.29, 1.82) is 0 Å². The molecule has 7 heteroatoms. The van der Waals surface area contributed by atoms with Gasteiger partial charge in [-0.25, -0.2) is 4.98 Å². The van der Waals surface area contributed by atoms with Crippen LogP contribution >= 0.6 is 0 Å². The first-order valence-electron chi connectivity index (χ1n) is 10.2. The predicted molar refractivity (Wildman–Crippen MR) is 122 cm³/mol. The summed E-state index contributed by atoms with van der Waals surface area (Å²) in [5, 5.41) is 10.8. The van der Waals surface area contributed by atoms with Gasteiger partial charge < -0.3 is 11.1 Å². The monoisotopic (exact) mass is 414 g/mol. The lowest BCUT2D eigenvalue weighted by Crippen LogP contribution is -2.30. The Hall–Kier alpha value is -3.74. The van der Waals surface area contributed by atoms with E-state index in [1.807, 2.05) is 19.9 Å². The number of nitrogen functional groups attached to an aromatic ring is 1. The highest BCUT2D eigenvalue weighted by atomic mass is 16.1. The van der Waals surface area contributed by atoms with Gasteiger partial charge in [-0.1, -0.05) is 12.1 Å². The molecule has 0 radical (unpaired) electrons. The zero-order valence-corrected chi connectivity index (χ0v) is 18.2. The van der Waals surface area contributed by atoms with Crippen LogP contribution in [-0.2, 0) is 6.42 Å². The average Bonchev–Trinajstić information content (AvgIpc) is 3.24. The zero-order valence-electron chi connectivity index (χ0n) is 18.2. The number of nitrogens with one attached hydrogen (secondary N) is 2. The maximum absolute atomic E-state index is 12.9. The molecule has 0 fully saturated rings. The zero-order chi connectivity index (χ0) is 22.1. The lowest BCUT2D eigenvalue weighted by atomic mass is 9.94. The second-order valence-corrected chi connectivity index (χ2v) is 8.01. The van der Waals surface area contributed by atoms with E-state index in [4.69, 9.17) is 10.7 Å². The Kier molecular flexibility index (Phi) is 5.42. The highest BCUT2D eigenvalue weighted by Gasteiger charge is 2.21. The molecule has 4 rings (SSSR count). The van der Waals surface area contributed by atoms with E-state index < -0.39 is 0 Å². The maximum Gasteiger partial charge on any atom is 0.254 e. The summed E-state index contributed by atoms with van der Waals surface area (Å²) in [7, 11) is 0. The minimum atomic E-state index is -0.288. The molecule has 0 spiro atoms. The topological polar surface area (TPSA) is 110 Å². The molecule has 0 saturated heterocycles. The summed E-state index contributed by atoms with van der Waals surface area (Å²) in [6.45, 7) is 8.07. The van der Waals surface area contributed by atoms with Crippen LogP contribution in [0.3, 0.4) is 0 Å². The number of hydrogen-bond acceptors (Lipinski definition) is 5. The number of aromatic nitrogens is 4. The first-order chi connectivity index (χ1) is 14.8. The molecule has 1 unspecified atom stereocenters. The third-order valence-electron chi connectivity index (χ3n) is 5.60. The number of nitrogens with zero attached hydrogens (tertiary/aromatic N) is 3. The van der Waals surface area contributed by atoms with E-state index in [2.05, 4.69) is 52.5 Å². The standard InChI is InChI=1S/C24H26N6O/c1-13-7-14(2)19-10-20(16(4)28-21(19)8-13)22(30-24(31)18-11-26-27-12-18)9-17-5-6-23(25)29-15(17)3/h5-8,10-12,22H,9H2,1-4H3,(H2,25,29)(H,26,27)(H,30,31). The molecule has 3 heterocycles. The Morgan fingerprint density at radius 2 is 1.90 bits per heavy atom. The number of fused-ring (bicyclic) bond motifs is 1. The Morgan fingerprint density at radius 3 is 2.61 bits per heavy atom. The fraction of sp³-hybridized carbons (Fsp3) is 0.250. The van der Waals surface area contributed by atoms with Crippen LogP contribution in [0.2, 0.25) is 0 Å². The van der Waals surface area contributed by atoms with Gasteiger partial charge in [0.2, 0.25) is 0 Å². The molecule has 4 aromatic rings. The third-order valence-corrected chi connectivity index (χ3v) is 5.60.